The van der Waals surface area contributed by atoms with Crippen molar-refractivity contribution in [2.75, 3.05) is 7.11 Å². The number of aliphatic carboxylic acids is 1. The van der Waals surface area contributed by atoms with Crippen LogP contribution in [-0.4, -0.2) is 41.1 Å². The van der Waals surface area contributed by atoms with Crippen LogP contribution >= 0.6 is 0 Å². The molecule has 4 rings (SSSR count). The van der Waals surface area contributed by atoms with Gasteiger partial charge in [0.2, 0.25) is 0 Å². The fourth-order valence-corrected chi connectivity index (χ4v) is 3.40. The highest BCUT2D eigenvalue weighted by Gasteiger charge is 2.12. The van der Waals surface area contributed by atoms with E-state index in [2.05, 4.69) is 9.97 Å². The van der Waals surface area contributed by atoms with Gasteiger partial charge in [-0.25, -0.2) is 9.78 Å². The number of fused-ring (bicyclic) bond motifs is 1. The lowest BCUT2D eigenvalue weighted by atomic mass is 10.1. The average Bonchev–Trinajstić information content (AvgIpc) is 3.27. The van der Waals surface area contributed by atoms with E-state index in [0.29, 0.717) is 28.2 Å². The van der Waals surface area contributed by atoms with E-state index in [4.69, 9.17) is 19.7 Å². The maximum Gasteiger partial charge on any atom is 0.346 e. The Labute approximate surface area is 195 Å². The largest absolute Gasteiger partial charge is 0.497 e. The van der Waals surface area contributed by atoms with Crippen molar-refractivity contribution < 1.29 is 27.6 Å². The average molecular weight is 477 g/mol. The molecule has 34 heavy (non-hydrogen) atoms. The third-order valence-electron chi connectivity index (χ3n) is 4.58. The number of carboxylic acids is 1. The van der Waals surface area contributed by atoms with Gasteiger partial charge in [0, 0.05) is 5.56 Å². The summed E-state index contributed by atoms with van der Waals surface area (Å²) in [5, 5.41) is 17.2. The Bertz CT molecular complexity index is 1490. The number of nitrogens with zero attached hydrogens (tertiary/aromatic N) is 2. The SMILES string of the molecule is COc1ccc(C=C(C#N)C(=O)O)cc1.O=S(=O)(O)c1ccc2nc(-c3ccccc3)[nH]c2c1. The first-order chi connectivity index (χ1) is 16.2. The van der Waals surface area contributed by atoms with Gasteiger partial charge in [0.1, 0.15) is 23.2 Å². The van der Waals surface area contributed by atoms with Crippen molar-refractivity contribution in [3.8, 4) is 23.2 Å². The molecule has 0 atom stereocenters. The van der Waals surface area contributed by atoms with Crippen molar-refractivity contribution >= 4 is 33.2 Å². The summed E-state index contributed by atoms with van der Waals surface area (Å²) < 4.78 is 36.1. The van der Waals surface area contributed by atoms with Crippen molar-refractivity contribution in [3.05, 3.63) is 83.9 Å². The number of H-pyrrole nitrogens is 1. The van der Waals surface area contributed by atoms with Crippen LogP contribution in [0.25, 0.3) is 28.5 Å². The third kappa shape index (κ3) is 6.07. The second-order valence-electron chi connectivity index (χ2n) is 6.85. The van der Waals surface area contributed by atoms with Gasteiger partial charge in [-0.3, -0.25) is 4.55 Å². The maximum atomic E-state index is 11.1. The number of aromatic nitrogens is 2. The molecule has 0 spiro atoms. The Balaban J connectivity index is 0.000000197. The molecule has 0 aliphatic heterocycles. The van der Waals surface area contributed by atoms with E-state index in [1.54, 1.807) is 43.5 Å². The van der Waals surface area contributed by atoms with E-state index >= 15 is 0 Å². The number of nitrogens with one attached hydrogen (secondary N) is 1. The summed E-state index contributed by atoms with van der Waals surface area (Å²) in [6, 6.07) is 22.1. The number of hydrogen-bond donors (Lipinski definition) is 3. The maximum absolute atomic E-state index is 11.1. The number of ether oxygens (including phenoxy) is 1. The molecule has 0 amide bonds. The molecule has 0 saturated heterocycles. The third-order valence-corrected chi connectivity index (χ3v) is 5.43. The molecular formula is C24H19N3O6S. The normalized spacial score (nSPS) is 11.3. The minimum absolute atomic E-state index is 0.150. The molecule has 0 aliphatic rings. The molecule has 1 aromatic heterocycles. The second-order valence-corrected chi connectivity index (χ2v) is 8.28. The number of hydrogen-bond acceptors (Lipinski definition) is 6. The number of carbonyl (C=O) groups is 1. The van der Waals surface area contributed by atoms with Crippen LogP contribution < -0.4 is 4.74 Å². The van der Waals surface area contributed by atoms with E-state index in [-0.39, 0.29) is 10.5 Å². The molecule has 172 valence electrons. The Morgan fingerprint density at radius 2 is 1.76 bits per heavy atom. The van der Waals surface area contributed by atoms with Gasteiger partial charge in [0.05, 0.1) is 23.0 Å². The van der Waals surface area contributed by atoms with Crippen LogP contribution in [0, 0.1) is 11.3 Å². The predicted octanol–water partition coefficient (Wildman–Crippen LogP) is 4.16. The first-order valence-corrected chi connectivity index (χ1v) is 11.2. The predicted molar refractivity (Wildman–Crippen MR) is 126 cm³/mol. The smallest absolute Gasteiger partial charge is 0.346 e. The van der Waals surface area contributed by atoms with Crippen molar-refractivity contribution in [3.63, 3.8) is 0 Å². The van der Waals surface area contributed by atoms with Crippen molar-refractivity contribution in [1.82, 2.24) is 9.97 Å². The lowest BCUT2D eigenvalue weighted by molar-refractivity contribution is -0.132. The molecule has 0 bridgehead atoms. The molecule has 0 fully saturated rings. The van der Waals surface area contributed by atoms with Crippen molar-refractivity contribution in [2.45, 2.75) is 4.90 Å². The van der Waals surface area contributed by atoms with Crippen molar-refractivity contribution in [1.29, 1.82) is 5.26 Å². The van der Waals surface area contributed by atoms with Crippen LogP contribution in [0.3, 0.4) is 0 Å². The highest BCUT2D eigenvalue weighted by molar-refractivity contribution is 7.85. The summed E-state index contributed by atoms with van der Waals surface area (Å²) in [5.41, 5.74) is 2.47. The number of methoxy groups -OCH3 is 1. The highest BCUT2D eigenvalue weighted by Crippen LogP contribution is 2.22. The molecule has 0 aliphatic carbocycles. The minimum atomic E-state index is -4.20. The number of aromatic amines is 1. The Morgan fingerprint density at radius 3 is 2.32 bits per heavy atom. The van der Waals surface area contributed by atoms with E-state index in [1.165, 1.54) is 18.2 Å². The van der Waals surface area contributed by atoms with Gasteiger partial charge in [0.25, 0.3) is 10.1 Å². The highest BCUT2D eigenvalue weighted by atomic mass is 32.2. The zero-order chi connectivity index (χ0) is 24.7. The zero-order valence-electron chi connectivity index (χ0n) is 17.8. The van der Waals surface area contributed by atoms with Gasteiger partial charge in [-0.1, -0.05) is 42.5 Å². The van der Waals surface area contributed by atoms with Gasteiger partial charge in [0.15, 0.2) is 0 Å². The fourth-order valence-electron chi connectivity index (χ4n) is 2.89. The number of nitriles is 1. The Hall–Kier alpha value is -4.46. The summed E-state index contributed by atoms with van der Waals surface area (Å²) in [6.45, 7) is 0. The van der Waals surface area contributed by atoms with E-state index in [1.807, 2.05) is 30.3 Å². The summed E-state index contributed by atoms with van der Waals surface area (Å²) >= 11 is 0. The Kier molecular flexibility index (Phi) is 7.43. The summed E-state index contributed by atoms with van der Waals surface area (Å²) in [5.74, 6) is 0.109. The van der Waals surface area contributed by atoms with Gasteiger partial charge in [-0.05, 0) is 42.0 Å². The molecule has 1 heterocycles. The molecule has 4 aromatic rings. The van der Waals surface area contributed by atoms with Gasteiger partial charge >= 0.3 is 5.97 Å². The molecule has 0 saturated carbocycles. The topological polar surface area (TPSA) is 153 Å². The second kappa shape index (κ2) is 10.4. The summed E-state index contributed by atoms with van der Waals surface area (Å²) in [4.78, 5) is 17.8. The van der Waals surface area contributed by atoms with Crippen LogP contribution in [0.2, 0.25) is 0 Å². The Morgan fingerprint density at radius 1 is 1.09 bits per heavy atom. The van der Waals surface area contributed by atoms with Gasteiger partial charge in [-0.15, -0.1) is 0 Å². The van der Waals surface area contributed by atoms with Crippen LogP contribution in [0.4, 0.5) is 0 Å². The number of rotatable bonds is 5. The number of carboxylic acid groups (broad SMARTS) is 1. The van der Waals surface area contributed by atoms with Gasteiger partial charge in [-0.2, -0.15) is 13.7 Å². The lowest BCUT2D eigenvalue weighted by Gasteiger charge is -1.99. The molecule has 0 unspecified atom stereocenters. The van der Waals surface area contributed by atoms with E-state index < -0.39 is 16.1 Å². The molecule has 3 N–H and O–H groups in total. The van der Waals surface area contributed by atoms with Crippen LogP contribution in [0.1, 0.15) is 5.56 Å². The van der Waals surface area contributed by atoms with E-state index in [9.17, 15) is 13.2 Å². The van der Waals surface area contributed by atoms with E-state index in [0.717, 1.165) is 5.56 Å². The lowest BCUT2D eigenvalue weighted by Crippen LogP contribution is -1.97. The number of benzene rings is 3. The summed E-state index contributed by atoms with van der Waals surface area (Å²) in [6.07, 6.45) is 1.31. The van der Waals surface area contributed by atoms with Crippen molar-refractivity contribution in [2.24, 2.45) is 0 Å². The molecule has 9 nitrogen and oxygen atoms in total. The first-order valence-electron chi connectivity index (χ1n) is 9.73. The quantitative estimate of drug-likeness (QED) is 0.220. The standard InChI is InChI=1S/C13H10N2O3S.C11H9NO3/c16-19(17,18)10-6-7-11-12(8-10)15-13(14-11)9-4-2-1-3-5-9;1-15-10-4-2-8(3-5-10)6-9(7-12)11(13)14/h1-8H,(H,14,15)(H,16,17,18);2-6H,1H3,(H,13,14). The fraction of sp³-hybridized carbons (Fsp3) is 0.0417. The van der Waals surface area contributed by atoms with Crippen LogP contribution in [0.15, 0.2) is 83.3 Å². The molecule has 10 heteroatoms. The number of imidazole rings is 1. The van der Waals surface area contributed by atoms with Crippen LogP contribution in [0.5, 0.6) is 5.75 Å². The summed E-state index contributed by atoms with van der Waals surface area (Å²) in [7, 11) is -2.65. The monoisotopic (exact) mass is 477 g/mol. The minimum Gasteiger partial charge on any atom is -0.497 e. The molecule has 0 radical (unpaired) electrons. The molecular weight excluding hydrogens is 458 g/mol. The van der Waals surface area contributed by atoms with Gasteiger partial charge < -0.3 is 14.8 Å². The van der Waals surface area contributed by atoms with Crippen LogP contribution in [-0.2, 0) is 14.9 Å². The first kappa shape index (κ1) is 24.2. The zero-order valence-corrected chi connectivity index (χ0v) is 18.7. The molecule has 3 aromatic carbocycles.